The highest BCUT2D eigenvalue weighted by molar-refractivity contribution is 8.14. The summed E-state index contributed by atoms with van der Waals surface area (Å²) in [5, 5.41) is 19.8. The van der Waals surface area contributed by atoms with Gasteiger partial charge in [-0.3, -0.25) is 9.59 Å². The summed E-state index contributed by atoms with van der Waals surface area (Å²) >= 11 is 1.06. The molecule has 0 spiro atoms. The third-order valence-corrected chi connectivity index (χ3v) is 2.90. The summed E-state index contributed by atoms with van der Waals surface area (Å²) in [4.78, 5) is 24.0. The Morgan fingerprint density at radius 1 is 1.47 bits per heavy atom. The Kier molecular flexibility index (Phi) is 4.86. The molecule has 1 saturated heterocycles. The van der Waals surface area contributed by atoms with Gasteiger partial charge in [0, 0.05) is 18.8 Å². The summed E-state index contributed by atoms with van der Waals surface area (Å²) in [7, 11) is 0. The van der Waals surface area contributed by atoms with E-state index in [1.165, 1.54) is 4.90 Å². The first kappa shape index (κ1) is 12.3. The van der Waals surface area contributed by atoms with Gasteiger partial charge in [0.05, 0.1) is 13.2 Å². The summed E-state index contributed by atoms with van der Waals surface area (Å²) in [5.41, 5.74) is 0. The number of rotatable bonds is 5. The number of amides is 2. The number of nitrogens with zero attached hydrogens (tertiary/aromatic N) is 1. The van der Waals surface area contributed by atoms with Gasteiger partial charge in [0.2, 0.25) is 5.91 Å². The van der Waals surface area contributed by atoms with Crippen LogP contribution in [0.15, 0.2) is 0 Å². The normalized spacial score (nSPS) is 20.1. The number of nitrogens with one attached hydrogen (secondary N) is 1. The van der Waals surface area contributed by atoms with Crippen LogP contribution in [0.1, 0.15) is 0 Å². The van der Waals surface area contributed by atoms with Gasteiger partial charge >= 0.3 is 0 Å². The van der Waals surface area contributed by atoms with Gasteiger partial charge in [-0.15, -0.1) is 0 Å². The number of thioether (sulfide) groups is 1. The molecule has 1 fully saturated rings. The Morgan fingerprint density at radius 3 is 2.47 bits per heavy atom. The van der Waals surface area contributed by atoms with E-state index in [4.69, 9.17) is 10.2 Å². The van der Waals surface area contributed by atoms with Crippen molar-refractivity contribution in [3.63, 3.8) is 0 Å². The quantitative estimate of drug-likeness (QED) is 0.546. The molecule has 6 nitrogen and oxygen atoms in total. The molecule has 0 aromatic rings. The lowest BCUT2D eigenvalue weighted by atomic mass is 10.3. The molecule has 1 heterocycles. The van der Waals surface area contributed by atoms with Crippen molar-refractivity contribution in [2.45, 2.75) is 6.04 Å². The number of carbonyl (C=O) groups excluding carboxylic acids is 2. The predicted molar refractivity (Wildman–Crippen MR) is 55.5 cm³/mol. The smallest absolute Gasteiger partial charge is 0.279 e. The highest BCUT2D eigenvalue weighted by Crippen LogP contribution is 2.14. The summed E-state index contributed by atoms with van der Waals surface area (Å²) in [6.45, 7) is 0.0476. The van der Waals surface area contributed by atoms with Gasteiger partial charge in [0.15, 0.2) is 0 Å². The second-order valence-electron chi connectivity index (χ2n) is 3.07. The summed E-state index contributed by atoms with van der Waals surface area (Å²) in [6, 6.07) is -0.527. The van der Waals surface area contributed by atoms with E-state index in [0.717, 1.165) is 11.8 Å². The molecule has 1 rings (SSSR count). The van der Waals surface area contributed by atoms with Gasteiger partial charge in [0.25, 0.3) is 5.24 Å². The molecule has 0 radical (unpaired) electrons. The van der Waals surface area contributed by atoms with Gasteiger partial charge < -0.3 is 20.4 Å². The van der Waals surface area contributed by atoms with Crippen LogP contribution in [0.2, 0.25) is 0 Å². The van der Waals surface area contributed by atoms with Crippen LogP contribution in [0.3, 0.4) is 0 Å². The van der Waals surface area contributed by atoms with Crippen LogP contribution in [0.4, 0.5) is 4.79 Å². The van der Waals surface area contributed by atoms with Crippen molar-refractivity contribution in [3.05, 3.63) is 0 Å². The van der Waals surface area contributed by atoms with E-state index in [1.54, 1.807) is 0 Å². The zero-order chi connectivity index (χ0) is 11.3. The van der Waals surface area contributed by atoms with Gasteiger partial charge in [-0.1, -0.05) is 11.8 Å². The second-order valence-corrected chi connectivity index (χ2v) is 4.06. The minimum Gasteiger partial charge on any atom is -0.395 e. The van der Waals surface area contributed by atoms with Crippen LogP contribution < -0.4 is 5.32 Å². The molecular formula is C8H14N2O4S. The molecular weight excluding hydrogens is 220 g/mol. The first-order valence-electron chi connectivity index (χ1n) is 4.63. The van der Waals surface area contributed by atoms with Crippen molar-refractivity contribution in [2.24, 2.45) is 0 Å². The third-order valence-electron chi connectivity index (χ3n) is 2.02. The standard InChI is InChI=1S/C8H14N2O4S/c11-3-1-10(2-4-12)7(13)6-5-15-8(14)9-6/h6,11-12H,1-5H2,(H,9,14). The second kappa shape index (κ2) is 5.94. The van der Waals surface area contributed by atoms with Crippen LogP contribution >= 0.6 is 11.8 Å². The molecule has 86 valence electrons. The molecule has 1 aliphatic rings. The minimum absolute atomic E-state index is 0.153. The molecule has 15 heavy (non-hydrogen) atoms. The fourth-order valence-electron chi connectivity index (χ4n) is 1.31. The van der Waals surface area contributed by atoms with Crippen LogP contribution in [-0.4, -0.2) is 64.4 Å². The molecule has 2 amide bonds. The molecule has 0 aromatic heterocycles. The summed E-state index contributed by atoms with van der Waals surface area (Å²) in [6.07, 6.45) is 0. The Bertz CT molecular complexity index is 243. The van der Waals surface area contributed by atoms with E-state index in [2.05, 4.69) is 5.32 Å². The summed E-state index contributed by atoms with van der Waals surface area (Å²) in [5.74, 6) is 0.154. The largest absolute Gasteiger partial charge is 0.395 e. The first-order valence-corrected chi connectivity index (χ1v) is 5.61. The Morgan fingerprint density at radius 2 is 2.07 bits per heavy atom. The van der Waals surface area contributed by atoms with E-state index in [0.29, 0.717) is 5.75 Å². The monoisotopic (exact) mass is 234 g/mol. The minimum atomic E-state index is -0.527. The number of hydrogen-bond donors (Lipinski definition) is 3. The van der Waals surface area contributed by atoms with Gasteiger partial charge in [-0.25, -0.2) is 0 Å². The molecule has 0 saturated carbocycles. The molecule has 3 N–H and O–H groups in total. The third kappa shape index (κ3) is 3.37. The number of aliphatic hydroxyl groups is 2. The first-order chi connectivity index (χ1) is 7.19. The molecule has 7 heteroatoms. The fraction of sp³-hybridized carbons (Fsp3) is 0.750. The van der Waals surface area contributed by atoms with Crippen LogP contribution in [-0.2, 0) is 4.79 Å². The zero-order valence-corrected chi connectivity index (χ0v) is 9.00. The van der Waals surface area contributed by atoms with Crippen molar-refractivity contribution >= 4 is 22.9 Å². The van der Waals surface area contributed by atoms with Crippen molar-refractivity contribution in [3.8, 4) is 0 Å². The van der Waals surface area contributed by atoms with Crippen LogP contribution in [0.25, 0.3) is 0 Å². The zero-order valence-electron chi connectivity index (χ0n) is 8.18. The van der Waals surface area contributed by atoms with E-state index in [9.17, 15) is 9.59 Å². The average Bonchev–Trinajstić information content (AvgIpc) is 2.63. The lowest BCUT2D eigenvalue weighted by Gasteiger charge is -2.23. The maximum Gasteiger partial charge on any atom is 0.279 e. The van der Waals surface area contributed by atoms with Crippen molar-refractivity contribution in [1.82, 2.24) is 10.2 Å². The van der Waals surface area contributed by atoms with E-state index in [-0.39, 0.29) is 37.4 Å². The fourth-order valence-corrected chi connectivity index (χ4v) is 2.08. The predicted octanol–water partition coefficient (Wildman–Crippen LogP) is -1.38. The Labute approximate surface area is 91.6 Å². The van der Waals surface area contributed by atoms with E-state index >= 15 is 0 Å². The van der Waals surface area contributed by atoms with Crippen molar-refractivity contribution in [1.29, 1.82) is 0 Å². The molecule has 0 aromatic carbocycles. The van der Waals surface area contributed by atoms with Crippen LogP contribution in [0.5, 0.6) is 0 Å². The Hall–Kier alpha value is -0.790. The Balaban J connectivity index is 2.51. The molecule has 1 unspecified atom stereocenters. The lowest BCUT2D eigenvalue weighted by Crippen LogP contribution is -2.47. The maximum atomic E-state index is 11.7. The lowest BCUT2D eigenvalue weighted by molar-refractivity contribution is -0.133. The number of carbonyl (C=O) groups is 2. The molecule has 1 atom stereocenters. The topological polar surface area (TPSA) is 89.9 Å². The van der Waals surface area contributed by atoms with Gasteiger partial charge in [0.1, 0.15) is 6.04 Å². The molecule has 0 bridgehead atoms. The average molecular weight is 234 g/mol. The van der Waals surface area contributed by atoms with E-state index < -0.39 is 6.04 Å². The number of aliphatic hydroxyl groups excluding tert-OH is 2. The van der Waals surface area contributed by atoms with Crippen LogP contribution in [0, 0.1) is 0 Å². The summed E-state index contributed by atoms with van der Waals surface area (Å²) < 4.78 is 0. The highest BCUT2D eigenvalue weighted by atomic mass is 32.2. The maximum absolute atomic E-state index is 11.7. The SMILES string of the molecule is O=C1NC(C(=O)N(CCO)CCO)CS1. The van der Waals surface area contributed by atoms with Crippen molar-refractivity contribution < 1.29 is 19.8 Å². The molecule has 1 aliphatic heterocycles. The molecule has 0 aliphatic carbocycles. The van der Waals surface area contributed by atoms with Gasteiger partial charge in [-0.05, 0) is 0 Å². The number of hydrogen-bond acceptors (Lipinski definition) is 5. The van der Waals surface area contributed by atoms with E-state index in [1.807, 2.05) is 0 Å². The van der Waals surface area contributed by atoms with Crippen molar-refractivity contribution in [2.75, 3.05) is 32.1 Å². The van der Waals surface area contributed by atoms with Gasteiger partial charge in [-0.2, -0.15) is 0 Å². The highest BCUT2D eigenvalue weighted by Gasteiger charge is 2.30.